The van der Waals surface area contributed by atoms with Crippen LogP contribution in [0.1, 0.15) is 13.3 Å². The molecule has 0 N–H and O–H groups in total. The molecule has 1 aliphatic carbocycles. The van der Waals surface area contributed by atoms with Crippen molar-refractivity contribution >= 4 is 9.84 Å². The van der Waals surface area contributed by atoms with Gasteiger partial charge in [-0.2, -0.15) is 0 Å². The van der Waals surface area contributed by atoms with E-state index in [1.54, 1.807) is 6.08 Å². The maximum Gasteiger partial charge on any atom is 0.154 e. The number of hydrogen-bond donors (Lipinski definition) is 0. The van der Waals surface area contributed by atoms with Gasteiger partial charge in [-0.3, -0.25) is 0 Å². The van der Waals surface area contributed by atoms with Crippen molar-refractivity contribution in [1.29, 1.82) is 0 Å². The molecule has 62 valence electrons. The van der Waals surface area contributed by atoms with Crippen molar-refractivity contribution in [1.82, 2.24) is 0 Å². The molecule has 0 radical (unpaired) electrons. The zero-order valence-electron chi connectivity index (χ0n) is 6.74. The molecule has 2 nitrogen and oxygen atoms in total. The Kier molecular flexibility index (Phi) is 2.18. The third-order valence-corrected chi connectivity index (χ3v) is 3.20. The van der Waals surface area contributed by atoms with Gasteiger partial charge in [0.05, 0.1) is 5.25 Å². The van der Waals surface area contributed by atoms with E-state index in [0.717, 1.165) is 5.57 Å². The summed E-state index contributed by atoms with van der Waals surface area (Å²) in [6, 6.07) is 0. The lowest BCUT2D eigenvalue weighted by Crippen LogP contribution is -2.18. The molecule has 0 aromatic carbocycles. The van der Waals surface area contributed by atoms with Gasteiger partial charge in [0.1, 0.15) is 0 Å². The van der Waals surface area contributed by atoms with Crippen molar-refractivity contribution in [2.75, 3.05) is 6.26 Å². The zero-order valence-corrected chi connectivity index (χ0v) is 7.56. The molecular weight excluding hydrogens is 160 g/mol. The van der Waals surface area contributed by atoms with Crippen molar-refractivity contribution in [3.05, 3.63) is 23.8 Å². The predicted molar refractivity (Wildman–Crippen MR) is 46.1 cm³/mol. The summed E-state index contributed by atoms with van der Waals surface area (Å²) >= 11 is 0. The standard InChI is InChI=1S/C8H12O2S/c1-7-4-3-5-8(6-7)11(2,9)10/h3-5,8H,6H2,1-2H3. The molecule has 1 rings (SSSR count). The van der Waals surface area contributed by atoms with Gasteiger partial charge in [0, 0.05) is 6.26 Å². The average Bonchev–Trinajstić information content (AvgIpc) is 1.86. The summed E-state index contributed by atoms with van der Waals surface area (Å²) in [6.07, 6.45) is 7.42. The highest BCUT2D eigenvalue weighted by Crippen LogP contribution is 2.17. The smallest absolute Gasteiger partial charge is 0.154 e. The van der Waals surface area contributed by atoms with Gasteiger partial charge in [-0.1, -0.05) is 23.8 Å². The third kappa shape index (κ3) is 2.19. The molecule has 1 aliphatic rings. The lowest BCUT2D eigenvalue weighted by atomic mass is 10.1. The van der Waals surface area contributed by atoms with Crippen LogP contribution in [-0.2, 0) is 9.84 Å². The predicted octanol–water partition coefficient (Wildman–Crippen LogP) is 1.31. The van der Waals surface area contributed by atoms with E-state index in [0.29, 0.717) is 6.42 Å². The van der Waals surface area contributed by atoms with Crippen LogP contribution in [0.2, 0.25) is 0 Å². The summed E-state index contributed by atoms with van der Waals surface area (Å²) in [5.41, 5.74) is 1.13. The Hall–Kier alpha value is -0.570. The van der Waals surface area contributed by atoms with Gasteiger partial charge in [0.15, 0.2) is 9.84 Å². The Balaban J connectivity index is 2.83. The van der Waals surface area contributed by atoms with Crippen LogP contribution in [0, 0.1) is 0 Å². The molecule has 0 aliphatic heterocycles. The molecule has 1 unspecified atom stereocenters. The maximum absolute atomic E-state index is 11.1. The molecule has 11 heavy (non-hydrogen) atoms. The zero-order chi connectivity index (χ0) is 8.48. The SMILES string of the molecule is CC1=CC=CC(S(C)(=O)=O)C1. The molecule has 0 fully saturated rings. The Labute approximate surface area is 67.5 Å². The van der Waals surface area contributed by atoms with Crippen molar-refractivity contribution in [2.24, 2.45) is 0 Å². The first-order valence-electron chi connectivity index (χ1n) is 3.53. The number of rotatable bonds is 1. The lowest BCUT2D eigenvalue weighted by Gasteiger charge is -2.13. The van der Waals surface area contributed by atoms with Crippen LogP contribution < -0.4 is 0 Å². The summed E-state index contributed by atoms with van der Waals surface area (Å²) < 4.78 is 22.1. The Morgan fingerprint density at radius 2 is 2.18 bits per heavy atom. The van der Waals surface area contributed by atoms with Crippen LogP contribution in [0.3, 0.4) is 0 Å². The van der Waals surface area contributed by atoms with Crippen molar-refractivity contribution in [3.63, 3.8) is 0 Å². The van der Waals surface area contributed by atoms with Crippen LogP contribution in [0.4, 0.5) is 0 Å². The van der Waals surface area contributed by atoms with Gasteiger partial charge >= 0.3 is 0 Å². The fourth-order valence-corrected chi connectivity index (χ4v) is 2.03. The molecule has 0 heterocycles. The summed E-state index contributed by atoms with van der Waals surface area (Å²) in [4.78, 5) is 0. The van der Waals surface area contributed by atoms with E-state index in [9.17, 15) is 8.42 Å². The van der Waals surface area contributed by atoms with Gasteiger partial charge < -0.3 is 0 Å². The van der Waals surface area contributed by atoms with Gasteiger partial charge in [0.25, 0.3) is 0 Å². The Morgan fingerprint density at radius 3 is 2.55 bits per heavy atom. The van der Waals surface area contributed by atoms with E-state index < -0.39 is 9.84 Å². The molecule has 0 saturated carbocycles. The molecule has 0 spiro atoms. The van der Waals surface area contributed by atoms with Crippen LogP contribution in [0.15, 0.2) is 23.8 Å². The molecular formula is C8H12O2S. The first kappa shape index (κ1) is 8.53. The minimum atomic E-state index is -2.89. The molecule has 3 heteroatoms. The van der Waals surface area contributed by atoms with Crippen molar-refractivity contribution in [2.45, 2.75) is 18.6 Å². The Morgan fingerprint density at radius 1 is 1.55 bits per heavy atom. The summed E-state index contributed by atoms with van der Waals surface area (Å²) in [7, 11) is -2.89. The molecule has 0 saturated heterocycles. The topological polar surface area (TPSA) is 34.1 Å². The molecule has 0 bridgehead atoms. The molecule has 1 atom stereocenters. The monoisotopic (exact) mass is 172 g/mol. The van der Waals surface area contributed by atoms with Gasteiger partial charge in [-0.25, -0.2) is 8.42 Å². The Bertz CT molecular complexity index is 296. The minimum absolute atomic E-state index is 0.299. The van der Waals surface area contributed by atoms with E-state index in [1.807, 2.05) is 19.1 Å². The van der Waals surface area contributed by atoms with Gasteiger partial charge in [-0.15, -0.1) is 0 Å². The number of hydrogen-bond acceptors (Lipinski definition) is 2. The van der Waals surface area contributed by atoms with Crippen LogP contribution >= 0.6 is 0 Å². The van der Waals surface area contributed by atoms with Crippen LogP contribution in [0.5, 0.6) is 0 Å². The highest BCUT2D eigenvalue weighted by Gasteiger charge is 2.18. The average molecular weight is 172 g/mol. The summed E-state index contributed by atoms with van der Waals surface area (Å²) in [6.45, 7) is 1.95. The van der Waals surface area contributed by atoms with E-state index in [2.05, 4.69) is 0 Å². The van der Waals surface area contributed by atoms with Gasteiger partial charge in [0.2, 0.25) is 0 Å². The fraction of sp³-hybridized carbons (Fsp3) is 0.500. The van der Waals surface area contributed by atoms with Crippen molar-refractivity contribution in [3.8, 4) is 0 Å². The van der Waals surface area contributed by atoms with E-state index in [4.69, 9.17) is 0 Å². The lowest BCUT2D eigenvalue weighted by molar-refractivity contribution is 0.593. The van der Waals surface area contributed by atoms with Crippen LogP contribution in [-0.4, -0.2) is 19.9 Å². The summed E-state index contributed by atoms with van der Waals surface area (Å²) in [5, 5.41) is -0.299. The van der Waals surface area contributed by atoms with Crippen LogP contribution in [0.25, 0.3) is 0 Å². The quantitative estimate of drug-likeness (QED) is 0.597. The highest BCUT2D eigenvalue weighted by atomic mass is 32.2. The molecule has 0 amide bonds. The van der Waals surface area contributed by atoms with E-state index in [1.165, 1.54) is 6.26 Å². The largest absolute Gasteiger partial charge is 0.229 e. The first-order chi connectivity index (χ1) is 5.00. The second kappa shape index (κ2) is 2.81. The minimum Gasteiger partial charge on any atom is -0.229 e. The summed E-state index contributed by atoms with van der Waals surface area (Å²) in [5.74, 6) is 0. The molecule has 0 aromatic heterocycles. The second-order valence-corrected chi connectivity index (χ2v) is 5.23. The van der Waals surface area contributed by atoms with E-state index >= 15 is 0 Å². The normalized spacial score (nSPS) is 24.9. The third-order valence-electron chi connectivity index (χ3n) is 1.78. The fourth-order valence-electron chi connectivity index (χ4n) is 1.09. The molecule has 0 aromatic rings. The number of allylic oxidation sites excluding steroid dienone is 3. The highest BCUT2D eigenvalue weighted by molar-refractivity contribution is 7.91. The van der Waals surface area contributed by atoms with Crippen molar-refractivity contribution < 1.29 is 8.42 Å². The van der Waals surface area contributed by atoms with Gasteiger partial charge in [-0.05, 0) is 13.3 Å². The maximum atomic E-state index is 11.1. The van der Waals surface area contributed by atoms with E-state index in [-0.39, 0.29) is 5.25 Å². The first-order valence-corrected chi connectivity index (χ1v) is 5.48. The number of sulfone groups is 1. The second-order valence-electron chi connectivity index (χ2n) is 2.97.